The van der Waals surface area contributed by atoms with Gasteiger partial charge in [-0.15, -0.1) is 0 Å². The number of hydrogen-bond acceptors (Lipinski definition) is 0. The summed E-state index contributed by atoms with van der Waals surface area (Å²) in [6.45, 7) is 2.80. The first kappa shape index (κ1) is 7.81. The number of hydrogen-bond donors (Lipinski definition) is 0. The zero-order chi connectivity index (χ0) is 6.78. The van der Waals surface area contributed by atoms with Crippen LogP contribution in [0.15, 0.2) is 0 Å². The van der Waals surface area contributed by atoms with Crippen molar-refractivity contribution in [2.75, 3.05) is 0 Å². The Labute approximate surface area is 45.9 Å². The van der Waals surface area contributed by atoms with Crippen molar-refractivity contribution in [1.29, 1.82) is 0 Å². The summed E-state index contributed by atoms with van der Waals surface area (Å²) in [5.41, 5.74) is 0. The Morgan fingerprint density at radius 2 is 1.62 bits per heavy atom. The lowest BCUT2D eigenvalue weighted by atomic mass is 10.2. The molecule has 0 saturated carbocycles. The lowest BCUT2D eigenvalue weighted by Crippen LogP contribution is -2.30. The highest BCUT2D eigenvalue weighted by molar-refractivity contribution is 6.50. The smallest absolute Gasteiger partial charge is 0.591 e. The molecule has 5 heteroatoms. The summed E-state index contributed by atoms with van der Waals surface area (Å²) in [6, 6.07) is 0. The van der Waals surface area contributed by atoms with Gasteiger partial charge in [0.15, 0.2) is 0 Å². The predicted octanol–water partition coefficient (Wildman–Crippen LogP) is 1.27. The largest absolute Gasteiger partial charge is 0.842 e. The van der Waals surface area contributed by atoms with E-state index in [0.29, 0.717) is 0 Å². The van der Waals surface area contributed by atoms with Gasteiger partial charge in [0.05, 0.1) is 0 Å². The lowest BCUT2D eigenvalue weighted by molar-refractivity contribution is -0.0111. The highest BCUT2D eigenvalue weighted by Gasteiger charge is 2.38. The molecular weight excluding hydrogens is 120 g/mol. The van der Waals surface area contributed by atoms with E-state index in [2.05, 4.69) is 4.65 Å². The third-order valence-electron chi connectivity index (χ3n) is 0.467. The first-order chi connectivity index (χ1) is 3.42. The van der Waals surface area contributed by atoms with Gasteiger partial charge in [0.1, 0.15) is 6.10 Å². The third kappa shape index (κ3) is 5.81. The fraction of sp³-hybridized carbons (Fsp3) is 1.00. The van der Waals surface area contributed by atoms with Crippen molar-refractivity contribution in [2.45, 2.75) is 20.0 Å². The maximum Gasteiger partial charge on any atom is 0.842 e. The molecule has 0 radical (unpaired) electrons. The summed E-state index contributed by atoms with van der Waals surface area (Å²) in [7, 11) is -4.91. The molecule has 0 fully saturated rings. The molecule has 0 aromatic carbocycles. The van der Waals surface area contributed by atoms with Crippen LogP contribution in [0.25, 0.3) is 0 Å². The van der Waals surface area contributed by atoms with Gasteiger partial charge in [-0.05, 0) is 0 Å². The second-order valence-electron chi connectivity index (χ2n) is 1.78. The number of aliphatic hydroxyl groups is 1. The van der Waals surface area contributed by atoms with Gasteiger partial charge in [0.2, 0.25) is 0 Å². The van der Waals surface area contributed by atoms with Gasteiger partial charge >= 0.3 is 7.18 Å². The van der Waals surface area contributed by atoms with E-state index in [-0.39, 0.29) is 0 Å². The Morgan fingerprint density at radius 1 is 1.25 bits per heavy atom. The topological polar surface area (TPSA) is 12.8 Å². The molecule has 0 unspecified atom stereocenters. The minimum absolute atomic E-state index is 0.630. The van der Waals surface area contributed by atoms with Crippen molar-refractivity contribution < 1.29 is 17.6 Å². The van der Waals surface area contributed by atoms with Gasteiger partial charge in [-0.3, -0.25) is 0 Å². The molecule has 0 rings (SSSR count). The van der Waals surface area contributed by atoms with Crippen LogP contribution in [0.3, 0.4) is 0 Å². The van der Waals surface area contributed by atoms with E-state index in [9.17, 15) is 12.9 Å². The molecule has 0 aliphatic rings. The Kier molecular flexibility index (Phi) is 2.34. The number of halogens is 3. The van der Waals surface area contributed by atoms with E-state index in [0.717, 1.165) is 0 Å². The van der Waals surface area contributed by atoms with Gasteiger partial charge in [-0.1, -0.05) is 0 Å². The van der Waals surface area contributed by atoms with E-state index in [1.807, 2.05) is 0 Å². The molecule has 0 saturated heterocycles. The SMILES string of the molecule is CC(C)[OH+][B-](F)(F)F. The Balaban J connectivity index is 3.39. The van der Waals surface area contributed by atoms with E-state index < -0.39 is 13.3 Å². The minimum atomic E-state index is -4.91. The molecule has 1 nitrogen and oxygen atoms in total. The van der Waals surface area contributed by atoms with E-state index in [1.165, 1.54) is 13.8 Å². The quantitative estimate of drug-likeness (QED) is 0.392. The van der Waals surface area contributed by atoms with Crippen LogP contribution in [-0.4, -0.2) is 17.9 Å². The highest BCUT2D eigenvalue weighted by Crippen LogP contribution is 2.08. The average molecular weight is 128 g/mol. The molecule has 0 spiro atoms. The summed E-state index contributed by atoms with van der Waals surface area (Å²) >= 11 is 0. The fourth-order valence-corrected chi connectivity index (χ4v) is 0.338. The van der Waals surface area contributed by atoms with Gasteiger partial charge in [0, 0.05) is 13.8 Å². The first-order valence-corrected chi connectivity index (χ1v) is 2.33. The van der Waals surface area contributed by atoms with Gasteiger partial charge in [-0.25, -0.2) is 0 Å². The Morgan fingerprint density at radius 3 is 1.62 bits per heavy atom. The second kappa shape index (κ2) is 2.39. The summed E-state index contributed by atoms with van der Waals surface area (Å²) in [6.07, 6.45) is -0.630. The molecule has 0 amide bonds. The molecule has 0 aliphatic heterocycles. The molecule has 50 valence electrons. The van der Waals surface area contributed by atoms with Crippen LogP contribution < -0.4 is 0 Å². The molecular formula is C3H8BF3O. The third-order valence-corrected chi connectivity index (χ3v) is 0.467. The van der Waals surface area contributed by atoms with Crippen molar-refractivity contribution in [3.8, 4) is 0 Å². The highest BCUT2D eigenvalue weighted by atomic mass is 19.4. The summed E-state index contributed by atoms with van der Waals surface area (Å²) in [4.78, 5) is 0. The maximum atomic E-state index is 11.2. The van der Waals surface area contributed by atoms with Crippen molar-refractivity contribution in [2.24, 2.45) is 0 Å². The van der Waals surface area contributed by atoms with Crippen molar-refractivity contribution in [1.82, 2.24) is 0 Å². The lowest BCUT2D eigenvalue weighted by Gasteiger charge is -2.13. The zero-order valence-corrected chi connectivity index (χ0v) is 4.74. The monoisotopic (exact) mass is 128 g/mol. The van der Waals surface area contributed by atoms with E-state index in [1.54, 1.807) is 0 Å². The Hall–Kier alpha value is -0.185. The minimum Gasteiger partial charge on any atom is -0.591 e. The fourth-order valence-electron chi connectivity index (χ4n) is 0.338. The van der Waals surface area contributed by atoms with Crippen LogP contribution in [0.1, 0.15) is 13.8 Å². The molecule has 0 aromatic heterocycles. The molecule has 0 atom stereocenters. The van der Waals surface area contributed by atoms with Crippen LogP contribution in [0.2, 0.25) is 0 Å². The molecule has 0 aliphatic carbocycles. The molecule has 1 N–H and O–H groups in total. The van der Waals surface area contributed by atoms with E-state index >= 15 is 0 Å². The molecule has 0 aromatic rings. The zero-order valence-electron chi connectivity index (χ0n) is 4.74. The van der Waals surface area contributed by atoms with Crippen molar-refractivity contribution in [3.63, 3.8) is 0 Å². The van der Waals surface area contributed by atoms with Gasteiger partial charge in [0.25, 0.3) is 0 Å². The molecule has 0 heterocycles. The number of rotatable bonds is 2. The predicted molar refractivity (Wildman–Crippen MR) is 26.4 cm³/mol. The van der Waals surface area contributed by atoms with E-state index in [4.69, 9.17) is 0 Å². The molecule has 0 bridgehead atoms. The standard InChI is InChI=1S/C3H8BF3O/c1-3(2)8-4(5,6)7/h3,8H,1-2H3. The normalized spacial score (nSPS) is 12.8. The van der Waals surface area contributed by atoms with Gasteiger partial charge in [-0.2, -0.15) is 0 Å². The molecule has 8 heavy (non-hydrogen) atoms. The van der Waals surface area contributed by atoms with Crippen molar-refractivity contribution in [3.05, 3.63) is 0 Å². The van der Waals surface area contributed by atoms with Crippen LogP contribution >= 0.6 is 0 Å². The van der Waals surface area contributed by atoms with Crippen LogP contribution in [0.4, 0.5) is 12.9 Å². The maximum absolute atomic E-state index is 11.2. The van der Waals surface area contributed by atoms with Crippen molar-refractivity contribution >= 4 is 7.18 Å². The Bertz CT molecular complexity index is 69.4. The summed E-state index contributed by atoms with van der Waals surface area (Å²) < 4.78 is 36.1. The van der Waals surface area contributed by atoms with Crippen LogP contribution in [0.5, 0.6) is 0 Å². The van der Waals surface area contributed by atoms with Crippen LogP contribution in [0, 0.1) is 0 Å². The first-order valence-electron chi connectivity index (χ1n) is 2.33. The summed E-state index contributed by atoms with van der Waals surface area (Å²) in [5, 5.41) is 0. The van der Waals surface area contributed by atoms with Gasteiger partial charge < -0.3 is 17.6 Å². The second-order valence-corrected chi connectivity index (χ2v) is 1.78. The van der Waals surface area contributed by atoms with Crippen LogP contribution in [-0.2, 0) is 0 Å². The summed E-state index contributed by atoms with van der Waals surface area (Å²) in [5.74, 6) is 0. The average Bonchev–Trinajstić information content (AvgIpc) is 1.21.